The monoisotopic (exact) mass is 370 g/mol. The summed E-state index contributed by atoms with van der Waals surface area (Å²) in [6.45, 7) is 0. The van der Waals surface area contributed by atoms with Gasteiger partial charge in [-0.05, 0) is 29.8 Å². The van der Waals surface area contributed by atoms with Crippen LogP contribution >= 0.6 is 0 Å². The van der Waals surface area contributed by atoms with E-state index in [0.717, 1.165) is 0 Å². The Hall–Kier alpha value is -3.44. The smallest absolute Gasteiger partial charge is 0.313 e. The maximum atomic E-state index is 12.2. The topological polar surface area (TPSA) is 127 Å². The van der Waals surface area contributed by atoms with Crippen LogP contribution in [0.15, 0.2) is 59.0 Å². The van der Waals surface area contributed by atoms with E-state index in [2.05, 4.69) is 0 Å². The molecule has 0 radical (unpaired) electrons. The van der Waals surface area contributed by atoms with Crippen molar-refractivity contribution in [2.45, 2.75) is 5.75 Å². The Kier molecular flexibility index (Phi) is 4.56. The predicted molar refractivity (Wildman–Crippen MR) is 94.6 cm³/mol. The van der Waals surface area contributed by atoms with Gasteiger partial charge in [0.1, 0.15) is 5.75 Å². The molecular weight excluding hydrogens is 356 g/mol. The largest absolute Gasteiger partial charge is 0.501 e. The van der Waals surface area contributed by atoms with E-state index in [1.54, 1.807) is 42.5 Å². The molecule has 8 heteroatoms. The molecule has 0 amide bonds. The molecule has 26 heavy (non-hydrogen) atoms. The van der Waals surface area contributed by atoms with Crippen LogP contribution in [-0.2, 0) is 15.9 Å². The van der Waals surface area contributed by atoms with E-state index in [1.807, 2.05) is 6.07 Å². The van der Waals surface area contributed by atoms with E-state index in [1.165, 1.54) is 12.1 Å². The molecule has 0 unspecified atom stereocenters. The number of anilines is 1. The maximum absolute atomic E-state index is 12.2. The van der Waals surface area contributed by atoms with Gasteiger partial charge < -0.3 is 19.4 Å². The molecule has 7 nitrogen and oxygen atoms in total. The zero-order valence-corrected chi connectivity index (χ0v) is 14.2. The number of aromatic hydroxyl groups is 1. The highest BCUT2D eigenvalue weighted by Gasteiger charge is 2.26. The third-order valence-electron chi connectivity index (χ3n) is 3.54. The first-order valence-corrected chi connectivity index (χ1v) is 9.05. The molecule has 0 saturated carbocycles. The lowest BCUT2D eigenvalue weighted by Gasteiger charge is -2.06. The molecule has 0 aliphatic rings. The summed E-state index contributed by atoms with van der Waals surface area (Å²) in [5.74, 6) is -1.77. The Morgan fingerprint density at radius 2 is 1.77 bits per heavy atom. The number of nitrogens with zero attached hydrogens (tertiary/aromatic N) is 1. The van der Waals surface area contributed by atoms with Crippen LogP contribution in [0.5, 0.6) is 11.5 Å². The molecule has 3 N–H and O–H groups in total. The first-order chi connectivity index (χ1) is 12.4. The minimum absolute atomic E-state index is 0.0445. The molecule has 0 bridgehead atoms. The summed E-state index contributed by atoms with van der Waals surface area (Å²) in [6, 6.07) is 16.6. The number of nitrogens with two attached hydrogens (primary N) is 1. The first kappa shape index (κ1) is 17.4. The predicted octanol–water partition coefficient (Wildman–Crippen LogP) is 3.01. The Bertz CT molecular complexity index is 1070. The van der Waals surface area contributed by atoms with Gasteiger partial charge in [0, 0.05) is 5.56 Å². The quantitative estimate of drug-likeness (QED) is 0.661. The molecule has 0 aliphatic carbocycles. The summed E-state index contributed by atoms with van der Waals surface area (Å²) < 4.78 is 34.7. The van der Waals surface area contributed by atoms with Gasteiger partial charge in [-0.25, -0.2) is 0 Å². The molecular formula is C18H14N2O5S. The molecule has 3 aromatic rings. The fourth-order valence-electron chi connectivity index (χ4n) is 2.33. The van der Waals surface area contributed by atoms with Gasteiger partial charge in [0.15, 0.2) is 5.76 Å². The molecule has 0 atom stereocenters. The van der Waals surface area contributed by atoms with Crippen molar-refractivity contribution >= 4 is 16.0 Å². The second-order valence-electron chi connectivity index (χ2n) is 5.43. The Morgan fingerprint density at radius 1 is 1.12 bits per heavy atom. The van der Waals surface area contributed by atoms with Gasteiger partial charge in [0.05, 0.1) is 11.6 Å². The van der Waals surface area contributed by atoms with E-state index < -0.39 is 21.6 Å². The standard InChI is InChI=1S/C18H14N2O5S/c19-10-12-6-8-14(9-7-12)16-15(21)17(18(20)24-16)25-26(22,23)11-13-4-2-1-3-5-13/h1-9,21H,11,20H2. The summed E-state index contributed by atoms with van der Waals surface area (Å²) in [5, 5.41) is 19.1. The first-order valence-electron chi connectivity index (χ1n) is 7.47. The van der Waals surface area contributed by atoms with Crippen molar-refractivity contribution in [3.63, 3.8) is 0 Å². The number of hydrogen-bond donors (Lipinski definition) is 2. The van der Waals surface area contributed by atoms with Gasteiger partial charge in [-0.3, -0.25) is 0 Å². The Balaban J connectivity index is 1.89. The molecule has 1 aromatic heterocycles. The van der Waals surface area contributed by atoms with Crippen LogP contribution in [0.25, 0.3) is 11.3 Å². The van der Waals surface area contributed by atoms with E-state index in [0.29, 0.717) is 16.7 Å². The number of benzene rings is 2. The molecule has 2 aromatic carbocycles. The van der Waals surface area contributed by atoms with Crippen LogP contribution in [0.1, 0.15) is 11.1 Å². The van der Waals surface area contributed by atoms with Crippen LogP contribution in [0.3, 0.4) is 0 Å². The van der Waals surface area contributed by atoms with E-state index in [9.17, 15) is 13.5 Å². The van der Waals surface area contributed by atoms with Gasteiger partial charge in [0.2, 0.25) is 17.4 Å². The van der Waals surface area contributed by atoms with Crippen molar-refractivity contribution in [1.29, 1.82) is 5.26 Å². The van der Waals surface area contributed by atoms with Crippen molar-refractivity contribution in [1.82, 2.24) is 0 Å². The van der Waals surface area contributed by atoms with E-state index in [-0.39, 0.29) is 17.4 Å². The van der Waals surface area contributed by atoms with Crippen molar-refractivity contribution in [3.8, 4) is 28.9 Å². The molecule has 0 aliphatic heterocycles. The van der Waals surface area contributed by atoms with Crippen LogP contribution in [0, 0.1) is 11.3 Å². The number of nitrogen functional groups attached to an aromatic ring is 1. The normalized spacial score (nSPS) is 11.0. The lowest BCUT2D eigenvalue weighted by Crippen LogP contribution is -2.12. The van der Waals surface area contributed by atoms with Gasteiger partial charge in [-0.15, -0.1) is 0 Å². The van der Waals surface area contributed by atoms with Gasteiger partial charge >= 0.3 is 10.1 Å². The fraction of sp³-hybridized carbons (Fsp3) is 0.0556. The minimum atomic E-state index is -4.06. The summed E-state index contributed by atoms with van der Waals surface area (Å²) in [7, 11) is -4.06. The minimum Gasteiger partial charge on any atom is -0.501 e. The van der Waals surface area contributed by atoms with Crippen molar-refractivity contribution < 1.29 is 22.1 Å². The van der Waals surface area contributed by atoms with Crippen molar-refractivity contribution in [3.05, 3.63) is 65.7 Å². The second-order valence-corrected chi connectivity index (χ2v) is 7.00. The molecule has 0 saturated heterocycles. The highest BCUT2D eigenvalue weighted by atomic mass is 32.2. The van der Waals surface area contributed by atoms with E-state index in [4.69, 9.17) is 19.6 Å². The van der Waals surface area contributed by atoms with Crippen LogP contribution < -0.4 is 9.92 Å². The van der Waals surface area contributed by atoms with Crippen LogP contribution in [0.2, 0.25) is 0 Å². The third-order valence-corrected chi connectivity index (χ3v) is 4.65. The van der Waals surface area contributed by atoms with Gasteiger partial charge in [-0.2, -0.15) is 13.7 Å². The molecule has 0 fully saturated rings. The zero-order chi connectivity index (χ0) is 18.7. The number of rotatable bonds is 5. The molecule has 3 rings (SSSR count). The third kappa shape index (κ3) is 3.63. The fourth-order valence-corrected chi connectivity index (χ4v) is 3.41. The Morgan fingerprint density at radius 3 is 2.38 bits per heavy atom. The maximum Gasteiger partial charge on any atom is 0.313 e. The average Bonchev–Trinajstić information content (AvgIpc) is 2.90. The summed E-state index contributed by atoms with van der Waals surface area (Å²) >= 11 is 0. The molecule has 132 valence electrons. The highest BCUT2D eigenvalue weighted by molar-refractivity contribution is 7.86. The second kappa shape index (κ2) is 6.82. The van der Waals surface area contributed by atoms with Crippen molar-refractivity contribution in [2.75, 3.05) is 5.73 Å². The number of furan rings is 1. The van der Waals surface area contributed by atoms with Gasteiger partial charge in [0.25, 0.3) is 0 Å². The van der Waals surface area contributed by atoms with Crippen LogP contribution in [-0.4, -0.2) is 13.5 Å². The number of hydrogen-bond acceptors (Lipinski definition) is 7. The highest BCUT2D eigenvalue weighted by Crippen LogP contribution is 2.45. The Labute approximate surface area is 150 Å². The molecule has 0 spiro atoms. The summed E-state index contributed by atoms with van der Waals surface area (Å²) in [5.41, 5.74) is 7.04. The van der Waals surface area contributed by atoms with Gasteiger partial charge in [-0.1, -0.05) is 30.3 Å². The van der Waals surface area contributed by atoms with Crippen molar-refractivity contribution in [2.24, 2.45) is 0 Å². The average molecular weight is 370 g/mol. The number of nitriles is 1. The lowest BCUT2D eigenvalue weighted by atomic mass is 10.1. The SMILES string of the molecule is N#Cc1ccc(-c2oc(N)c(OS(=O)(=O)Cc3ccccc3)c2O)cc1. The zero-order valence-electron chi connectivity index (χ0n) is 13.4. The lowest BCUT2D eigenvalue weighted by molar-refractivity contribution is 0.432. The summed E-state index contributed by atoms with van der Waals surface area (Å²) in [6.07, 6.45) is 0. The van der Waals surface area contributed by atoms with E-state index >= 15 is 0 Å². The summed E-state index contributed by atoms with van der Waals surface area (Å²) in [4.78, 5) is 0. The molecule has 1 heterocycles. The van der Waals surface area contributed by atoms with Crippen LogP contribution in [0.4, 0.5) is 5.88 Å².